The van der Waals surface area contributed by atoms with Crippen LogP contribution >= 0.6 is 0 Å². The summed E-state index contributed by atoms with van der Waals surface area (Å²) in [5.41, 5.74) is 0.164. The third-order valence-electron chi connectivity index (χ3n) is 2.27. The maximum Gasteiger partial charge on any atom is 0.232 e. The standard InChI is InChI=1S/C12H14O5/c1-7(13)12(14)8-5-10(16-3)11(17-4)6-9(8)15-2/h5-6H,1-4H3. The van der Waals surface area contributed by atoms with Crippen LogP contribution < -0.4 is 14.2 Å². The molecular formula is C12H14O5. The predicted octanol–water partition coefficient (Wildman–Crippen LogP) is 1.48. The van der Waals surface area contributed by atoms with Gasteiger partial charge in [0.25, 0.3) is 0 Å². The third kappa shape index (κ3) is 2.55. The second-order valence-corrected chi connectivity index (χ2v) is 3.29. The van der Waals surface area contributed by atoms with Gasteiger partial charge in [-0.05, 0) is 6.07 Å². The van der Waals surface area contributed by atoms with Gasteiger partial charge in [-0.3, -0.25) is 9.59 Å². The topological polar surface area (TPSA) is 61.8 Å². The highest BCUT2D eigenvalue weighted by Gasteiger charge is 2.20. The van der Waals surface area contributed by atoms with Crippen LogP contribution in [0.25, 0.3) is 0 Å². The number of Topliss-reactive ketones (excluding diaryl/α,β-unsaturated/α-hetero) is 2. The molecule has 0 aliphatic heterocycles. The first kappa shape index (κ1) is 13.0. The molecule has 0 aromatic heterocycles. The lowest BCUT2D eigenvalue weighted by Crippen LogP contribution is -2.11. The van der Waals surface area contributed by atoms with Crippen LogP contribution in [0.1, 0.15) is 17.3 Å². The minimum absolute atomic E-state index is 0.164. The normalized spacial score (nSPS) is 9.65. The van der Waals surface area contributed by atoms with Gasteiger partial charge in [-0.1, -0.05) is 0 Å². The van der Waals surface area contributed by atoms with E-state index >= 15 is 0 Å². The van der Waals surface area contributed by atoms with Crippen molar-refractivity contribution < 1.29 is 23.8 Å². The Kier molecular flexibility index (Phi) is 4.09. The van der Waals surface area contributed by atoms with Crippen LogP contribution in [0.5, 0.6) is 17.2 Å². The van der Waals surface area contributed by atoms with Crippen LogP contribution in [0.4, 0.5) is 0 Å². The highest BCUT2D eigenvalue weighted by Crippen LogP contribution is 2.34. The summed E-state index contributed by atoms with van der Waals surface area (Å²) in [5.74, 6) is -0.0940. The maximum atomic E-state index is 11.7. The molecule has 0 atom stereocenters. The molecule has 0 aliphatic rings. The van der Waals surface area contributed by atoms with Gasteiger partial charge in [0.1, 0.15) is 5.75 Å². The number of carbonyl (C=O) groups excluding carboxylic acids is 2. The Hall–Kier alpha value is -2.04. The van der Waals surface area contributed by atoms with E-state index in [1.54, 1.807) is 0 Å². The molecule has 0 saturated carbocycles. The fourth-order valence-corrected chi connectivity index (χ4v) is 1.40. The van der Waals surface area contributed by atoms with Crippen LogP contribution in [-0.2, 0) is 4.79 Å². The second-order valence-electron chi connectivity index (χ2n) is 3.29. The van der Waals surface area contributed by atoms with Gasteiger partial charge in [0.05, 0.1) is 26.9 Å². The van der Waals surface area contributed by atoms with Crippen molar-refractivity contribution in [3.63, 3.8) is 0 Å². The molecule has 0 amide bonds. The molecular weight excluding hydrogens is 224 g/mol. The zero-order valence-electron chi connectivity index (χ0n) is 10.2. The lowest BCUT2D eigenvalue weighted by molar-refractivity contribution is -0.113. The summed E-state index contributed by atoms with van der Waals surface area (Å²) in [4.78, 5) is 22.8. The Balaban J connectivity index is 3.38. The van der Waals surface area contributed by atoms with E-state index in [4.69, 9.17) is 14.2 Å². The SMILES string of the molecule is COc1cc(OC)c(C(=O)C(C)=O)cc1OC. The molecule has 92 valence electrons. The number of carbonyl (C=O) groups is 2. The van der Waals surface area contributed by atoms with Crippen molar-refractivity contribution in [2.75, 3.05) is 21.3 Å². The highest BCUT2D eigenvalue weighted by molar-refractivity contribution is 6.43. The van der Waals surface area contributed by atoms with Crippen molar-refractivity contribution in [1.29, 1.82) is 0 Å². The molecule has 5 heteroatoms. The van der Waals surface area contributed by atoms with Crippen molar-refractivity contribution in [3.05, 3.63) is 17.7 Å². The van der Waals surface area contributed by atoms with E-state index in [-0.39, 0.29) is 11.3 Å². The molecule has 0 N–H and O–H groups in total. The smallest absolute Gasteiger partial charge is 0.232 e. The molecule has 17 heavy (non-hydrogen) atoms. The van der Waals surface area contributed by atoms with Gasteiger partial charge in [-0.2, -0.15) is 0 Å². The largest absolute Gasteiger partial charge is 0.496 e. The second kappa shape index (κ2) is 5.34. The van der Waals surface area contributed by atoms with Crippen molar-refractivity contribution in [2.24, 2.45) is 0 Å². The average Bonchev–Trinajstić information content (AvgIpc) is 2.35. The van der Waals surface area contributed by atoms with Crippen LogP contribution in [0.3, 0.4) is 0 Å². The van der Waals surface area contributed by atoms with E-state index in [1.807, 2.05) is 0 Å². The molecule has 1 rings (SSSR count). The summed E-state index contributed by atoms with van der Waals surface area (Å²) in [5, 5.41) is 0. The van der Waals surface area contributed by atoms with Crippen molar-refractivity contribution in [3.8, 4) is 17.2 Å². The summed E-state index contributed by atoms with van der Waals surface area (Å²) >= 11 is 0. The van der Waals surface area contributed by atoms with Gasteiger partial charge in [0.15, 0.2) is 17.3 Å². The number of rotatable bonds is 5. The minimum atomic E-state index is -0.622. The molecule has 0 heterocycles. The van der Waals surface area contributed by atoms with Gasteiger partial charge < -0.3 is 14.2 Å². The Morgan fingerprint density at radius 1 is 0.882 bits per heavy atom. The molecule has 0 aliphatic carbocycles. The quantitative estimate of drug-likeness (QED) is 0.574. The molecule has 0 saturated heterocycles. The summed E-state index contributed by atoms with van der Waals surface area (Å²) < 4.78 is 15.2. The van der Waals surface area contributed by atoms with Crippen molar-refractivity contribution >= 4 is 11.6 Å². The third-order valence-corrected chi connectivity index (χ3v) is 2.27. The van der Waals surface area contributed by atoms with Crippen LogP contribution in [0.2, 0.25) is 0 Å². The van der Waals surface area contributed by atoms with Crippen LogP contribution in [-0.4, -0.2) is 32.9 Å². The zero-order chi connectivity index (χ0) is 13.0. The first-order valence-electron chi connectivity index (χ1n) is 4.90. The number of hydrogen-bond acceptors (Lipinski definition) is 5. The summed E-state index contributed by atoms with van der Waals surface area (Å²) in [7, 11) is 4.34. The van der Waals surface area contributed by atoms with Gasteiger partial charge >= 0.3 is 0 Å². The monoisotopic (exact) mass is 238 g/mol. The molecule has 1 aromatic carbocycles. The predicted molar refractivity (Wildman–Crippen MR) is 61.1 cm³/mol. The fourth-order valence-electron chi connectivity index (χ4n) is 1.40. The van der Waals surface area contributed by atoms with Gasteiger partial charge in [0, 0.05) is 13.0 Å². The molecule has 1 aromatic rings. The van der Waals surface area contributed by atoms with Crippen LogP contribution in [0, 0.1) is 0 Å². The van der Waals surface area contributed by atoms with E-state index in [0.717, 1.165) is 0 Å². The van der Waals surface area contributed by atoms with Crippen molar-refractivity contribution in [2.45, 2.75) is 6.92 Å². The Morgan fingerprint density at radius 2 is 1.35 bits per heavy atom. The van der Waals surface area contributed by atoms with Gasteiger partial charge in [-0.15, -0.1) is 0 Å². The fraction of sp³-hybridized carbons (Fsp3) is 0.333. The van der Waals surface area contributed by atoms with E-state index in [1.165, 1.54) is 40.4 Å². The molecule has 0 radical (unpaired) electrons. The van der Waals surface area contributed by atoms with Gasteiger partial charge in [-0.25, -0.2) is 0 Å². The molecule has 0 spiro atoms. The summed E-state index contributed by atoms with van der Waals surface area (Å²) in [6.45, 7) is 1.21. The van der Waals surface area contributed by atoms with E-state index in [0.29, 0.717) is 11.5 Å². The highest BCUT2D eigenvalue weighted by atomic mass is 16.5. The van der Waals surface area contributed by atoms with Crippen LogP contribution in [0.15, 0.2) is 12.1 Å². The zero-order valence-corrected chi connectivity index (χ0v) is 10.2. The first-order chi connectivity index (χ1) is 8.04. The Bertz CT molecular complexity index is 450. The first-order valence-corrected chi connectivity index (χ1v) is 4.90. The summed E-state index contributed by atoms with van der Waals surface area (Å²) in [6.07, 6.45) is 0. The average molecular weight is 238 g/mol. The number of ketones is 2. The minimum Gasteiger partial charge on any atom is -0.496 e. The van der Waals surface area contributed by atoms with E-state index in [2.05, 4.69) is 0 Å². The molecule has 0 unspecified atom stereocenters. The number of ether oxygens (including phenoxy) is 3. The van der Waals surface area contributed by atoms with Gasteiger partial charge in [0.2, 0.25) is 5.78 Å². The van der Waals surface area contributed by atoms with Crippen molar-refractivity contribution in [1.82, 2.24) is 0 Å². The number of benzene rings is 1. The Labute approximate surface area is 99.3 Å². The number of methoxy groups -OCH3 is 3. The maximum absolute atomic E-state index is 11.7. The molecule has 0 fully saturated rings. The number of hydrogen-bond donors (Lipinski definition) is 0. The lowest BCUT2D eigenvalue weighted by atomic mass is 10.1. The Morgan fingerprint density at radius 3 is 1.76 bits per heavy atom. The molecule has 0 bridgehead atoms. The lowest BCUT2D eigenvalue weighted by Gasteiger charge is -2.12. The van der Waals surface area contributed by atoms with E-state index in [9.17, 15) is 9.59 Å². The molecule has 5 nitrogen and oxygen atoms in total. The summed E-state index contributed by atoms with van der Waals surface area (Å²) in [6, 6.07) is 2.94. The van der Waals surface area contributed by atoms with E-state index < -0.39 is 11.6 Å².